The maximum absolute atomic E-state index is 6.05. The molecule has 2 heterocycles. The zero-order valence-electron chi connectivity index (χ0n) is 16.2. The summed E-state index contributed by atoms with van der Waals surface area (Å²) >= 11 is 6.05. The number of rotatable bonds is 4. The first-order valence-corrected chi connectivity index (χ1v) is 9.82. The Morgan fingerprint density at radius 1 is 0.767 bits per heavy atom. The van der Waals surface area contributed by atoms with E-state index in [1.165, 1.54) is 0 Å². The van der Waals surface area contributed by atoms with Gasteiger partial charge in [0.15, 0.2) is 0 Å². The Morgan fingerprint density at radius 3 is 2.13 bits per heavy atom. The van der Waals surface area contributed by atoms with Gasteiger partial charge >= 0.3 is 0 Å². The van der Waals surface area contributed by atoms with E-state index in [2.05, 4.69) is 10.2 Å². The molecular formula is C24H17ClN4O. The molecule has 0 aliphatic carbocycles. The molecule has 5 nitrogen and oxygen atoms in total. The third-order valence-corrected chi connectivity index (χ3v) is 5.20. The number of benzene rings is 3. The fraction of sp³-hybridized carbons (Fsp3) is 0.0417. The van der Waals surface area contributed by atoms with Crippen molar-refractivity contribution in [2.75, 3.05) is 7.11 Å². The topological polar surface area (TPSA) is 52.8 Å². The second-order valence-electron chi connectivity index (χ2n) is 6.80. The average Bonchev–Trinajstić information content (AvgIpc) is 3.25. The molecule has 0 fully saturated rings. The number of aromatic nitrogens is 4. The normalized spacial score (nSPS) is 11.0. The maximum Gasteiger partial charge on any atom is 0.123 e. The maximum atomic E-state index is 6.05. The van der Waals surface area contributed by atoms with Crippen LogP contribution < -0.4 is 4.74 Å². The zero-order chi connectivity index (χ0) is 20.5. The third kappa shape index (κ3) is 3.29. The zero-order valence-corrected chi connectivity index (χ0v) is 16.9. The fourth-order valence-electron chi connectivity index (χ4n) is 3.40. The molecule has 0 radical (unpaired) electrons. The number of nitrogens with zero attached hydrogens (tertiary/aromatic N) is 4. The lowest BCUT2D eigenvalue weighted by atomic mass is 10.1. The number of hydrogen-bond donors (Lipinski definition) is 0. The minimum atomic E-state index is 0.683. The van der Waals surface area contributed by atoms with Crippen molar-refractivity contribution in [3.63, 3.8) is 0 Å². The van der Waals surface area contributed by atoms with E-state index < -0.39 is 0 Å². The van der Waals surface area contributed by atoms with Crippen LogP contribution in [-0.2, 0) is 0 Å². The van der Waals surface area contributed by atoms with E-state index in [0.29, 0.717) is 5.02 Å². The third-order valence-electron chi connectivity index (χ3n) is 4.95. The molecule has 0 spiro atoms. The van der Waals surface area contributed by atoms with E-state index in [-0.39, 0.29) is 0 Å². The predicted molar refractivity (Wildman–Crippen MR) is 119 cm³/mol. The average molecular weight is 413 g/mol. The minimum absolute atomic E-state index is 0.683. The molecular weight excluding hydrogens is 396 g/mol. The van der Waals surface area contributed by atoms with E-state index in [9.17, 15) is 0 Å². The number of halogens is 1. The molecule has 0 aliphatic heterocycles. The molecule has 5 rings (SSSR count). The summed E-state index contributed by atoms with van der Waals surface area (Å²) in [5.74, 6) is 0.792. The summed E-state index contributed by atoms with van der Waals surface area (Å²) in [7, 11) is 1.65. The van der Waals surface area contributed by atoms with Crippen molar-refractivity contribution in [1.29, 1.82) is 0 Å². The minimum Gasteiger partial charge on any atom is -0.497 e. The highest BCUT2D eigenvalue weighted by atomic mass is 35.5. The van der Waals surface area contributed by atoms with Crippen molar-refractivity contribution in [2.45, 2.75) is 0 Å². The van der Waals surface area contributed by atoms with Crippen molar-refractivity contribution in [2.24, 2.45) is 0 Å². The van der Waals surface area contributed by atoms with Crippen molar-refractivity contribution >= 4 is 22.5 Å². The Hall–Kier alpha value is -3.70. The van der Waals surface area contributed by atoms with Crippen LogP contribution in [0.1, 0.15) is 0 Å². The van der Waals surface area contributed by atoms with Crippen LogP contribution in [0.5, 0.6) is 5.75 Å². The molecule has 0 saturated heterocycles. The molecule has 5 aromatic rings. The van der Waals surface area contributed by atoms with Gasteiger partial charge in [-0.3, -0.25) is 0 Å². The molecule has 3 aromatic carbocycles. The first-order chi connectivity index (χ1) is 14.7. The van der Waals surface area contributed by atoms with Gasteiger partial charge in [-0.15, -0.1) is 10.2 Å². The number of fused-ring (bicyclic) bond motifs is 1. The van der Waals surface area contributed by atoms with E-state index in [1.54, 1.807) is 7.11 Å². The standard InChI is InChI=1S/C24H17ClN4O/c1-30-20-13-7-17(8-14-20)22-21-15-29(19-11-9-18(25)10-12-19)28-24(21)23(27-26-22)16-5-3-2-4-6-16/h2-15H,1H3. The van der Waals surface area contributed by atoms with Crippen LogP contribution in [0, 0.1) is 0 Å². The molecule has 146 valence electrons. The Kier molecular flexibility index (Phi) is 4.65. The van der Waals surface area contributed by atoms with E-state index >= 15 is 0 Å². The summed E-state index contributed by atoms with van der Waals surface area (Å²) in [6.45, 7) is 0. The van der Waals surface area contributed by atoms with E-state index in [0.717, 1.165) is 44.9 Å². The van der Waals surface area contributed by atoms with Crippen molar-refractivity contribution in [1.82, 2.24) is 20.0 Å². The second kappa shape index (κ2) is 7.61. The van der Waals surface area contributed by atoms with Crippen LogP contribution in [0.3, 0.4) is 0 Å². The Balaban J connectivity index is 1.74. The lowest BCUT2D eigenvalue weighted by molar-refractivity contribution is 0.415. The number of ether oxygens (including phenoxy) is 1. The van der Waals surface area contributed by atoms with Gasteiger partial charge in [0.25, 0.3) is 0 Å². The number of methoxy groups -OCH3 is 1. The largest absolute Gasteiger partial charge is 0.497 e. The van der Waals surface area contributed by atoms with Gasteiger partial charge in [0.2, 0.25) is 0 Å². The second-order valence-corrected chi connectivity index (χ2v) is 7.24. The molecule has 30 heavy (non-hydrogen) atoms. The highest BCUT2D eigenvalue weighted by Crippen LogP contribution is 2.33. The molecule has 0 amide bonds. The quantitative estimate of drug-likeness (QED) is 0.373. The number of hydrogen-bond acceptors (Lipinski definition) is 4. The monoisotopic (exact) mass is 412 g/mol. The Bertz CT molecular complexity index is 1310. The molecule has 0 aliphatic rings. The van der Waals surface area contributed by atoms with Gasteiger partial charge in [-0.1, -0.05) is 41.9 Å². The molecule has 2 aromatic heterocycles. The first kappa shape index (κ1) is 18.3. The van der Waals surface area contributed by atoms with Crippen LogP contribution in [0.15, 0.2) is 85.1 Å². The van der Waals surface area contributed by atoms with Gasteiger partial charge in [0.1, 0.15) is 22.7 Å². The summed E-state index contributed by atoms with van der Waals surface area (Å²) in [5, 5.41) is 15.6. The Morgan fingerprint density at radius 2 is 1.43 bits per heavy atom. The summed E-state index contributed by atoms with van der Waals surface area (Å²) in [6.07, 6.45) is 1.99. The highest BCUT2D eigenvalue weighted by molar-refractivity contribution is 6.30. The summed E-state index contributed by atoms with van der Waals surface area (Å²) < 4.78 is 7.11. The van der Waals surface area contributed by atoms with Gasteiger partial charge < -0.3 is 4.74 Å². The van der Waals surface area contributed by atoms with Crippen LogP contribution in [-0.4, -0.2) is 27.1 Å². The molecule has 0 unspecified atom stereocenters. The first-order valence-electron chi connectivity index (χ1n) is 9.45. The van der Waals surface area contributed by atoms with Crippen molar-refractivity contribution in [3.05, 3.63) is 90.1 Å². The molecule has 6 heteroatoms. The molecule has 0 bridgehead atoms. The van der Waals surface area contributed by atoms with Gasteiger partial charge in [-0.25, -0.2) is 4.68 Å². The van der Waals surface area contributed by atoms with Crippen LogP contribution >= 0.6 is 11.6 Å². The van der Waals surface area contributed by atoms with Crippen LogP contribution in [0.4, 0.5) is 0 Å². The van der Waals surface area contributed by atoms with Gasteiger partial charge in [-0.2, -0.15) is 5.10 Å². The Labute approximate surface area is 178 Å². The summed E-state index contributed by atoms with van der Waals surface area (Å²) in [5.41, 5.74) is 5.14. The molecule has 0 saturated carbocycles. The summed E-state index contributed by atoms with van der Waals surface area (Å²) in [6, 6.07) is 25.3. The van der Waals surface area contributed by atoms with Gasteiger partial charge in [0, 0.05) is 22.3 Å². The van der Waals surface area contributed by atoms with Gasteiger partial charge in [0.05, 0.1) is 18.2 Å². The van der Waals surface area contributed by atoms with Crippen LogP contribution in [0.25, 0.3) is 39.1 Å². The smallest absolute Gasteiger partial charge is 0.123 e. The lowest BCUT2D eigenvalue weighted by Crippen LogP contribution is -1.95. The van der Waals surface area contributed by atoms with Gasteiger partial charge in [-0.05, 0) is 48.5 Å². The van der Waals surface area contributed by atoms with Crippen LogP contribution in [0.2, 0.25) is 5.02 Å². The van der Waals surface area contributed by atoms with Crippen molar-refractivity contribution < 1.29 is 4.74 Å². The van der Waals surface area contributed by atoms with E-state index in [4.69, 9.17) is 21.4 Å². The van der Waals surface area contributed by atoms with E-state index in [1.807, 2.05) is 89.7 Å². The SMILES string of the molecule is COc1ccc(-c2nnc(-c3ccccc3)c3nn(-c4ccc(Cl)cc4)cc23)cc1. The fourth-order valence-corrected chi connectivity index (χ4v) is 3.53. The lowest BCUT2D eigenvalue weighted by Gasteiger charge is -2.06. The molecule has 0 atom stereocenters. The highest BCUT2D eigenvalue weighted by Gasteiger charge is 2.17. The van der Waals surface area contributed by atoms with Crippen molar-refractivity contribution in [3.8, 4) is 34.0 Å². The predicted octanol–water partition coefficient (Wildman–Crippen LogP) is 5.81. The summed E-state index contributed by atoms with van der Waals surface area (Å²) in [4.78, 5) is 0. The molecule has 0 N–H and O–H groups in total.